The zero-order chi connectivity index (χ0) is 50.0. The van der Waals surface area contributed by atoms with Crippen molar-refractivity contribution in [3.8, 4) is 0 Å². The second kappa shape index (κ2) is 30.7. The molecule has 0 unspecified atom stereocenters. The molecule has 0 aromatic heterocycles. The summed E-state index contributed by atoms with van der Waals surface area (Å²) in [5, 5.41) is 47.1. The fourth-order valence-corrected chi connectivity index (χ4v) is 5.67. The number of carbonyl (C=O) groups is 9. The van der Waals surface area contributed by atoms with Crippen molar-refractivity contribution in [2.24, 2.45) is 50.1 Å². The number of nitrogens with one attached hydrogen (secondary N) is 7. The highest BCUT2D eigenvalue weighted by atomic mass is 16.4. The van der Waals surface area contributed by atoms with E-state index in [0.29, 0.717) is 6.42 Å². The number of aliphatic hydroxyl groups is 2. The number of nitrogens with two attached hydrogens (primary N) is 7. The number of unbranched alkanes of at least 4 members (excludes halogenated alkanes) is 1. The number of rotatable bonds is 32. The van der Waals surface area contributed by atoms with Crippen molar-refractivity contribution in [1.82, 2.24) is 37.2 Å². The fourth-order valence-electron chi connectivity index (χ4n) is 5.67. The van der Waals surface area contributed by atoms with Gasteiger partial charge in [-0.05, 0) is 85.6 Å². The van der Waals surface area contributed by atoms with Gasteiger partial charge in [0.05, 0.1) is 18.2 Å². The maximum absolute atomic E-state index is 13.8. The highest BCUT2D eigenvalue weighted by molar-refractivity contribution is 5.98. The summed E-state index contributed by atoms with van der Waals surface area (Å²) in [7, 11) is 0. The van der Waals surface area contributed by atoms with Gasteiger partial charge in [-0.25, -0.2) is 4.79 Å². The summed E-state index contributed by atoms with van der Waals surface area (Å²) in [4.78, 5) is 124. The number of aliphatic hydroxyl groups excluding tert-OH is 2. The molecule has 0 aromatic rings. The largest absolute Gasteiger partial charge is 0.480 e. The van der Waals surface area contributed by atoms with Gasteiger partial charge >= 0.3 is 5.97 Å². The van der Waals surface area contributed by atoms with Crippen molar-refractivity contribution in [3.63, 3.8) is 0 Å². The molecular weight excluding hydrogens is 861 g/mol. The second-order valence-electron chi connectivity index (χ2n) is 15.2. The molecule has 28 nitrogen and oxygen atoms in total. The van der Waals surface area contributed by atoms with Crippen molar-refractivity contribution in [1.29, 1.82) is 0 Å². The minimum Gasteiger partial charge on any atom is -0.480 e. The number of carboxylic acid groups (broad SMARTS) is 1. The number of guanidine groups is 2. The van der Waals surface area contributed by atoms with Gasteiger partial charge < -0.3 is 92.7 Å². The average Bonchev–Trinajstić information content (AvgIpc) is 3.20. The Hall–Kier alpha value is -6.39. The molecular formula is C37H70N16O12. The van der Waals surface area contributed by atoms with E-state index in [-0.39, 0.29) is 70.1 Å². The van der Waals surface area contributed by atoms with Gasteiger partial charge in [0, 0.05) is 19.5 Å². The molecule has 0 saturated carbocycles. The van der Waals surface area contributed by atoms with E-state index in [1.165, 1.54) is 20.8 Å². The standard InChI is InChI=1S/C37H70N16O12/c1-17(39)28(57)48-22(10-7-15-45-36(41)42)31(60)53-27(20(4)55)34(63)50-21(9-5-6-14-38)30(59)49-23(12-13-25(40)56)32(61)52-26(19(3)54)33(62)47-18(2)29(58)51-24(35(64)65)11-8-16-46-37(43)44/h17-24,26-27,54-55H,5-16,38-39H2,1-4H3,(H2,40,56)(H,47,62)(H,48,57)(H,49,59)(H,50,63)(H,51,58)(H,52,61)(H,53,60)(H,64,65)(H4,41,42,45)(H4,43,44,46)/t17-,18-,19+,20+,21-,22-,23-,24-,26-,27-/m0/s1. The molecule has 0 saturated heterocycles. The second-order valence-corrected chi connectivity index (χ2v) is 15.2. The Balaban J connectivity index is 6.30. The van der Waals surface area contributed by atoms with Crippen LogP contribution < -0.4 is 77.4 Å². The summed E-state index contributed by atoms with van der Waals surface area (Å²) in [5.74, 6) is -9.44. The van der Waals surface area contributed by atoms with Gasteiger partial charge in [-0.1, -0.05) is 0 Å². The lowest BCUT2D eigenvalue weighted by atomic mass is 10.0. The van der Waals surface area contributed by atoms with Crippen LogP contribution in [0.2, 0.25) is 0 Å². The number of carbonyl (C=O) groups excluding carboxylic acids is 8. The summed E-state index contributed by atoms with van der Waals surface area (Å²) >= 11 is 0. The predicted molar refractivity (Wildman–Crippen MR) is 235 cm³/mol. The van der Waals surface area contributed by atoms with Gasteiger partial charge in [-0.2, -0.15) is 0 Å². The molecule has 0 bridgehead atoms. The number of nitrogens with zero attached hydrogens (tertiary/aromatic N) is 2. The van der Waals surface area contributed by atoms with Crippen LogP contribution in [-0.4, -0.2) is 161 Å². The molecule has 10 atom stereocenters. The van der Waals surface area contributed by atoms with Crippen LogP contribution in [0.3, 0.4) is 0 Å². The van der Waals surface area contributed by atoms with Crippen LogP contribution >= 0.6 is 0 Å². The maximum Gasteiger partial charge on any atom is 0.326 e. The summed E-state index contributed by atoms with van der Waals surface area (Å²) in [6.07, 6.45) is -3.25. The molecule has 24 N–H and O–H groups in total. The Morgan fingerprint density at radius 1 is 0.492 bits per heavy atom. The van der Waals surface area contributed by atoms with Gasteiger partial charge in [0.1, 0.15) is 42.3 Å². The quantitative estimate of drug-likeness (QED) is 0.0169. The normalized spacial score (nSPS) is 15.5. The number of aliphatic carboxylic acids is 1. The van der Waals surface area contributed by atoms with E-state index in [2.05, 4.69) is 47.2 Å². The highest BCUT2D eigenvalue weighted by Gasteiger charge is 2.36. The van der Waals surface area contributed by atoms with Crippen LogP contribution in [-0.2, 0) is 43.2 Å². The van der Waals surface area contributed by atoms with E-state index in [1.54, 1.807) is 0 Å². The topological polar surface area (TPSA) is 505 Å². The monoisotopic (exact) mass is 931 g/mol. The molecule has 0 aliphatic heterocycles. The van der Waals surface area contributed by atoms with Gasteiger partial charge in [0.15, 0.2) is 11.9 Å². The summed E-state index contributed by atoms with van der Waals surface area (Å²) in [6.45, 7) is 5.27. The molecule has 8 amide bonds. The maximum atomic E-state index is 13.8. The van der Waals surface area contributed by atoms with Crippen molar-refractivity contribution < 1.29 is 58.5 Å². The van der Waals surface area contributed by atoms with Gasteiger partial charge in [-0.15, -0.1) is 0 Å². The van der Waals surface area contributed by atoms with Crippen molar-refractivity contribution in [2.45, 2.75) is 146 Å². The lowest BCUT2D eigenvalue weighted by Gasteiger charge is -2.28. The Labute approximate surface area is 376 Å². The summed E-state index contributed by atoms with van der Waals surface area (Å²) < 4.78 is 0. The average molecular weight is 931 g/mol. The Morgan fingerprint density at radius 3 is 1.29 bits per heavy atom. The first kappa shape index (κ1) is 58.6. The van der Waals surface area contributed by atoms with Crippen LogP contribution in [0.15, 0.2) is 9.98 Å². The molecule has 0 radical (unpaired) electrons. The van der Waals surface area contributed by atoms with E-state index in [1.807, 2.05) is 0 Å². The molecule has 0 heterocycles. The fraction of sp³-hybridized carbons (Fsp3) is 0.703. The molecule has 0 aliphatic carbocycles. The van der Waals surface area contributed by atoms with E-state index in [4.69, 9.17) is 40.1 Å². The van der Waals surface area contributed by atoms with Crippen molar-refractivity contribution in [3.05, 3.63) is 0 Å². The number of carboxylic acids is 1. The molecule has 28 heteroatoms. The predicted octanol–water partition coefficient (Wildman–Crippen LogP) is -7.91. The lowest BCUT2D eigenvalue weighted by molar-refractivity contribution is -0.142. The molecule has 0 spiro atoms. The molecule has 0 fully saturated rings. The van der Waals surface area contributed by atoms with E-state index >= 15 is 0 Å². The van der Waals surface area contributed by atoms with E-state index in [0.717, 1.165) is 6.92 Å². The minimum atomic E-state index is -1.77. The van der Waals surface area contributed by atoms with Crippen LogP contribution in [0.25, 0.3) is 0 Å². The van der Waals surface area contributed by atoms with Crippen LogP contribution in [0, 0.1) is 0 Å². The van der Waals surface area contributed by atoms with Gasteiger partial charge in [0.2, 0.25) is 47.3 Å². The SMILES string of the molecule is C[C@H](N)C(=O)N[C@@H](CCCN=C(N)N)C(=O)N[C@H](C(=O)N[C@@H](CCCCN)C(=O)N[C@@H](CCC(N)=O)C(=O)N[C@H](C(=O)N[C@@H](C)C(=O)N[C@@H](CCCN=C(N)N)C(=O)O)[C@@H](C)O)[C@@H](C)O. The third-order valence-corrected chi connectivity index (χ3v) is 9.32. The Bertz CT molecular complexity index is 1670. The summed E-state index contributed by atoms with van der Waals surface area (Å²) in [5.41, 5.74) is 37.8. The number of primary amides is 1. The number of hydrogen-bond acceptors (Lipinski definition) is 15. The smallest absolute Gasteiger partial charge is 0.326 e. The van der Waals surface area contributed by atoms with Crippen LogP contribution in [0.5, 0.6) is 0 Å². The van der Waals surface area contributed by atoms with Crippen molar-refractivity contribution >= 4 is 65.1 Å². The Kier molecular flexibility index (Phi) is 27.6. The van der Waals surface area contributed by atoms with E-state index < -0.39 is 127 Å². The first-order chi connectivity index (χ1) is 30.3. The lowest BCUT2D eigenvalue weighted by Crippen LogP contribution is -2.62. The third-order valence-electron chi connectivity index (χ3n) is 9.32. The molecule has 0 aromatic carbocycles. The van der Waals surface area contributed by atoms with Crippen LogP contribution in [0.4, 0.5) is 0 Å². The number of aliphatic imine (C=N–C) groups is 2. The van der Waals surface area contributed by atoms with Crippen LogP contribution in [0.1, 0.15) is 85.5 Å². The van der Waals surface area contributed by atoms with Gasteiger partial charge in [-0.3, -0.25) is 48.3 Å². The summed E-state index contributed by atoms with van der Waals surface area (Å²) in [6, 6.07) is -11.6. The van der Waals surface area contributed by atoms with Crippen molar-refractivity contribution in [2.75, 3.05) is 19.6 Å². The number of hydrogen-bond donors (Lipinski definition) is 17. The van der Waals surface area contributed by atoms with E-state index in [9.17, 15) is 58.5 Å². The third kappa shape index (κ3) is 24.3. The number of amides is 8. The molecule has 65 heavy (non-hydrogen) atoms. The first-order valence-corrected chi connectivity index (χ1v) is 20.9. The zero-order valence-electron chi connectivity index (χ0n) is 37.2. The van der Waals surface area contributed by atoms with Gasteiger partial charge in [0.25, 0.3) is 0 Å². The minimum absolute atomic E-state index is 0.0170. The molecule has 0 aliphatic rings. The highest BCUT2D eigenvalue weighted by Crippen LogP contribution is 2.09. The first-order valence-electron chi connectivity index (χ1n) is 20.9. The zero-order valence-corrected chi connectivity index (χ0v) is 37.2. The Morgan fingerprint density at radius 2 is 0.877 bits per heavy atom. The molecule has 370 valence electrons. The molecule has 0 rings (SSSR count).